The Morgan fingerprint density at radius 2 is 1.65 bits per heavy atom. The van der Waals surface area contributed by atoms with Gasteiger partial charge in [-0.05, 0) is 60.7 Å². The Balaban J connectivity index is 1.65. The number of nitrogens with one attached hydrogen (secondary N) is 1. The second kappa shape index (κ2) is 7.93. The van der Waals surface area contributed by atoms with Crippen molar-refractivity contribution in [2.24, 2.45) is 0 Å². The van der Waals surface area contributed by atoms with Crippen molar-refractivity contribution in [3.8, 4) is 11.5 Å². The summed E-state index contributed by atoms with van der Waals surface area (Å²) >= 11 is 0. The first kappa shape index (κ1) is 17.8. The molecular weight excluding hydrogens is 353 g/mol. The molecule has 1 amide bonds. The van der Waals surface area contributed by atoms with Crippen LogP contribution in [0.1, 0.15) is 10.4 Å². The SMILES string of the molecule is CS(=O)c1ccc(C(=O)Nc2ccc(Oc3cccc(F)c3)cc2)cc1. The Hall–Kier alpha value is -2.99. The number of halogens is 1. The highest BCUT2D eigenvalue weighted by molar-refractivity contribution is 7.84. The predicted octanol–water partition coefficient (Wildman–Crippen LogP) is 4.61. The first-order valence-electron chi connectivity index (χ1n) is 7.79. The van der Waals surface area contributed by atoms with Crippen LogP contribution in [0.2, 0.25) is 0 Å². The van der Waals surface area contributed by atoms with Crippen LogP contribution in [0.4, 0.5) is 10.1 Å². The molecule has 0 bridgehead atoms. The van der Waals surface area contributed by atoms with Crippen molar-refractivity contribution < 1.29 is 18.1 Å². The van der Waals surface area contributed by atoms with Gasteiger partial charge in [0, 0.05) is 39.3 Å². The van der Waals surface area contributed by atoms with Gasteiger partial charge < -0.3 is 10.1 Å². The van der Waals surface area contributed by atoms with E-state index in [1.807, 2.05) is 0 Å². The predicted molar refractivity (Wildman–Crippen MR) is 99.6 cm³/mol. The molecule has 4 nitrogen and oxygen atoms in total. The fourth-order valence-corrected chi connectivity index (χ4v) is 2.79. The molecule has 3 aromatic rings. The van der Waals surface area contributed by atoms with Crippen molar-refractivity contribution >= 4 is 22.4 Å². The van der Waals surface area contributed by atoms with E-state index in [0.29, 0.717) is 27.6 Å². The highest BCUT2D eigenvalue weighted by Crippen LogP contribution is 2.23. The van der Waals surface area contributed by atoms with E-state index in [9.17, 15) is 13.4 Å². The van der Waals surface area contributed by atoms with Crippen LogP contribution < -0.4 is 10.1 Å². The van der Waals surface area contributed by atoms with E-state index in [0.717, 1.165) is 0 Å². The molecule has 6 heteroatoms. The Morgan fingerprint density at radius 1 is 0.962 bits per heavy atom. The van der Waals surface area contributed by atoms with Gasteiger partial charge >= 0.3 is 0 Å². The monoisotopic (exact) mass is 369 g/mol. The van der Waals surface area contributed by atoms with E-state index in [4.69, 9.17) is 4.74 Å². The normalized spacial score (nSPS) is 11.6. The summed E-state index contributed by atoms with van der Waals surface area (Å²) in [4.78, 5) is 12.9. The lowest BCUT2D eigenvalue weighted by atomic mass is 10.2. The van der Waals surface area contributed by atoms with Crippen molar-refractivity contribution in [1.82, 2.24) is 0 Å². The molecule has 3 rings (SSSR count). The average Bonchev–Trinajstić information content (AvgIpc) is 2.63. The third kappa shape index (κ3) is 4.55. The van der Waals surface area contributed by atoms with Gasteiger partial charge in [-0.2, -0.15) is 0 Å². The smallest absolute Gasteiger partial charge is 0.255 e. The lowest BCUT2D eigenvalue weighted by Crippen LogP contribution is -2.11. The molecule has 3 aromatic carbocycles. The van der Waals surface area contributed by atoms with Crippen LogP contribution in [-0.4, -0.2) is 16.4 Å². The fourth-order valence-electron chi connectivity index (χ4n) is 2.27. The molecule has 132 valence electrons. The molecule has 0 aliphatic carbocycles. The third-order valence-corrected chi connectivity index (χ3v) is 4.53. The van der Waals surface area contributed by atoms with Crippen molar-refractivity contribution in [1.29, 1.82) is 0 Å². The van der Waals surface area contributed by atoms with E-state index in [-0.39, 0.29) is 11.7 Å². The molecule has 1 atom stereocenters. The van der Waals surface area contributed by atoms with Gasteiger partial charge in [0.2, 0.25) is 0 Å². The van der Waals surface area contributed by atoms with Crippen LogP contribution in [0.5, 0.6) is 11.5 Å². The van der Waals surface area contributed by atoms with E-state index >= 15 is 0 Å². The largest absolute Gasteiger partial charge is 0.457 e. The number of ether oxygens (including phenoxy) is 1. The highest BCUT2D eigenvalue weighted by atomic mass is 32.2. The molecule has 0 aromatic heterocycles. The standard InChI is InChI=1S/C20H16FNO3S/c1-26(24)19-11-5-14(6-12-19)20(23)22-16-7-9-17(10-8-16)25-18-4-2-3-15(21)13-18/h2-13H,1H3,(H,22,23). The molecule has 0 saturated heterocycles. The molecule has 0 heterocycles. The quantitative estimate of drug-likeness (QED) is 0.715. The topological polar surface area (TPSA) is 55.4 Å². The van der Waals surface area contributed by atoms with Gasteiger partial charge in [0.25, 0.3) is 5.91 Å². The maximum Gasteiger partial charge on any atom is 0.255 e. The summed E-state index contributed by atoms with van der Waals surface area (Å²) in [6, 6.07) is 19.2. The van der Waals surface area contributed by atoms with Crippen molar-refractivity contribution in [3.63, 3.8) is 0 Å². The highest BCUT2D eigenvalue weighted by Gasteiger charge is 2.07. The molecular formula is C20H16FNO3S. The maximum atomic E-state index is 13.2. The zero-order valence-corrected chi connectivity index (χ0v) is 14.8. The second-order valence-corrected chi connectivity index (χ2v) is 6.90. The summed E-state index contributed by atoms with van der Waals surface area (Å²) in [5, 5.41) is 2.78. The average molecular weight is 369 g/mol. The van der Waals surface area contributed by atoms with Crippen molar-refractivity contribution in [3.05, 3.63) is 84.2 Å². The number of hydrogen-bond acceptors (Lipinski definition) is 3. The zero-order valence-electron chi connectivity index (χ0n) is 13.9. The first-order chi connectivity index (χ1) is 12.5. The molecule has 0 aliphatic rings. The molecule has 0 saturated carbocycles. The summed E-state index contributed by atoms with van der Waals surface area (Å²) < 4.78 is 30.1. The number of carbonyl (C=O) groups excluding carboxylic acids is 1. The van der Waals surface area contributed by atoms with Crippen LogP contribution >= 0.6 is 0 Å². The molecule has 1 N–H and O–H groups in total. The van der Waals surface area contributed by atoms with Gasteiger partial charge in [0.15, 0.2) is 0 Å². The fraction of sp³-hybridized carbons (Fsp3) is 0.0500. The van der Waals surface area contributed by atoms with Crippen LogP contribution in [-0.2, 0) is 10.8 Å². The van der Waals surface area contributed by atoms with E-state index in [1.54, 1.807) is 66.9 Å². The molecule has 0 spiro atoms. The maximum absolute atomic E-state index is 13.2. The Morgan fingerprint density at radius 3 is 2.27 bits per heavy atom. The Bertz CT molecular complexity index is 940. The number of anilines is 1. The Labute approximate surface area is 153 Å². The molecule has 0 radical (unpaired) electrons. The number of benzene rings is 3. The minimum absolute atomic E-state index is 0.266. The lowest BCUT2D eigenvalue weighted by molar-refractivity contribution is 0.102. The van der Waals surface area contributed by atoms with Crippen molar-refractivity contribution in [2.75, 3.05) is 11.6 Å². The minimum Gasteiger partial charge on any atom is -0.457 e. The second-order valence-electron chi connectivity index (χ2n) is 5.52. The molecule has 1 unspecified atom stereocenters. The van der Waals surface area contributed by atoms with Crippen LogP contribution in [0.3, 0.4) is 0 Å². The van der Waals surface area contributed by atoms with E-state index < -0.39 is 10.8 Å². The summed E-state index contributed by atoms with van der Waals surface area (Å²) in [7, 11) is -1.08. The van der Waals surface area contributed by atoms with Gasteiger partial charge in [-0.3, -0.25) is 9.00 Å². The van der Waals surface area contributed by atoms with E-state index in [1.165, 1.54) is 12.1 Å². The number of rotatable bonds is 5. The number of hydrogen-bond donors (Lipinski definition) is 1. The lowest BCUT2D eigenvalue weighted by Gasteiger charge is -2.08. The molecule has 0 aliphatic heterocycles. The Kier molecular flexibility index (Phi) is 5.43. The van der Waals surface area contributed by atoms with Crippen LogP contribution in [0.25, 0.3) is 0 Å². The number of carbonyl (C=O) groups is 1. The number of amides is 1. The van der Waals surface area contributed by atoms with Gasteiger partial charge in [-0.25, -0.2) is 4.39 Å². The first-order valence-corrected chi connectivity index (χ1v) is 9.35. The van der Waals surface area contributed by atoms with Crippen LogP contribution in [0.15, 0.2) is 77.7 Å². The molecule has 0 fully saturated rings. The summed E-state index contributed by atoms with van der Waals surface area (Å²) in [5.74, 6) is 0.292. The van der Waals surface area contributed by atoms with Gasteiger partial charge in [-0.1, -0.05) is 6.07 Å². The minimum atomic E-state index is -1.08. The zero-order chi connectivity index (χ0) is 18.5. The van der Waals surface area contributed by atoms with Crippen molar-refractivity contribution in [2.45, 2.75) is 4.90 Å². The summed E-state index contributed by atoms with van der Waals surface area (Å²) in [6.45, 7) is 0. The van der Waals surface area contributed by atoms with Gasteiger partial charge in [0.05, 0.1) is 0 Å². The van der Waals surface area contributed by atoms with E-state index in [2.05, 4.69) is 5.32 Å². The summed E-state index contributed by atoms with van der Waals surface area (Å²) in [6.07, 6.45) is 1.59. The third-order valence-electron chi connectivity index (χ3n) is 3.59. The van der Waals surface area contributed by atoms with Gasteiger partial charge in [-0.15, -0.1) is 0 Å². The molecule has 26 heavy (non-hydrogen) atoms. The van der Waals surface area contributed by atoms with Crippen LogP contribution in [0, 0.1) is 5.82 Å². The summed E-state index contributed by atoms with van der Waals surface area (Å²) in [5.41, 5.74) is 1.07. The van der Waals surface area contributed by atoms with Gasteiger partial charge in [0.1, 0.15) is 17.3 Å².